The molecule has 2 aromatic rings. The first-order valence-electron chi connectivity index (χ1n) is 7.15. The van der Waals surface area contributed by atoms with Gasteiger partial charge in [0.05, 0.1) is 15.8 Å². The highest BCUT2D eigenvalue weighted by molar-refractivity contribution is 6.42. The highest BCUT2D eigenvalue weighted by atomic mass is 35.5. The van der Waals surface area contributed by atoms with Crippen molar-refractivity contribution in [3.05, 3.63) is 63.9 Å². The Hall–Kier alpha value is -1.58. The van der Waals surface area contributed by atoms with Gasteiger partial charge in [0.25, 0.3) is 0 Å². The Balaban J connectivity index is 1.92. The summed E-state index contributed by atoms with van der Waals surface area (Å²) in [5.74, 6) is 0. The fraction of sp³-hybridized carbons (Fsp3) is 0.294. The quantitative estimate of drug-likeness (QED) is 0.398. The summed E-state index contributed by atoms with van der Waals surface area (Å²) in [6, 6.07) is 9.56. The maximum atomic E-state index is 6.06. The van der Waals surface area contributed by atoms with Gasteiger partial charge in [0.1, 0.15) is 7.11 Å². The van der Waals surface area contributed by atoms with Gasteiger partial charge < -0.3 is 4.84 Å². The van der Waals surface area contributed by atoms with Crippen molar-refractivity contribution in [3.63, 3.8) is 0 Å². The molecule has 1 aromatic carbocycles. The van der Waals surface area contributed by atoms with Crippen LogP contribution in [0.5, 0.6) is 0 Å². The Morgan fingerprint density at radius 3 is 2.73 bits per heavy atom. The second-order valence-corrected chi connectivity index (χ2v) is 5.73. The van der Waals surface area contributed by atoms with Gasteiger partial charge in [-0.3, -0.25) is 4.98 Å². The second-order valence-electron chi connectivity index (χ2n) is 4.92. The summed E-state index contributed by atoms with van der Waals surface area (Å²) in [5, 5.41) is 5.18. The summed E-state index contributed by atoms with van der Waals surface area (Å²) in [7, 11) is 1.55. The molecule has 0 spiro atoms. The van der Waals surface area contributed by atoms with Crippen molar-refractivity contribution in [1.82, 2.24) is 4.98 Å². The molecule has 0 bridgehead atoms. The molecule has 5 heteroatoms. The predicted octanol–water partition coefficient (Wildman–Crippen LogP) is 5.15. The zero-order valence-electron chi connectivity index (χ0n) is 12.4. The number of pyridine rings is 1. The second kappa shape index (κ2) is 8.76. The van der Waals surface area contributed by atoms with E-state index in [1.54, 1.807) is 19.4 Å². The molecule has 0 saturated heterocycles. The van der Waals surface area contributed by atoms with Crippen molar-refractivity contribution in [2.45, 2.75) is 25.7 Å². The number of hydrogen-bond acceptors (Lipinski definition) is 3. The maximum absolute atomic E-state index is 6.06. The van der Waals surface area contributed by atoms with Crippen LogP contribution in [-0.2, 0) is 11.3 Å². The standard InChI is InChI=1S/C17H18Cl2N2O/c1-22-21-17(14-8-9-15(18)16(19)11-14)7-3-2-5-13-6-4-10-20-12-13/h4,6,8-12H,2-3,5,7H2,1H3/b21-17-. The zero-order chi connectivity index (χ0) is 15.8. The Morgan fingerprint density at radius 2 is 2.05 bits per heavy atom. The van der Waals surface area contributed by atoms with Crippen LogP contribution >= 0.6 is 23.2 Å². The van der Waals surface area contributed by atoms with E-state index in [9.17, 15) is 0 Å². The molecule has 0 aliphatic heterocycles. The van der Waals surface area contributed by atoms with E-state index in [2.05, 4.69) is 16.2 Å². The van der Waals surface area contributed by atoms with E-state index in [0.717, 1.165) is 37.0 Å². The van der Waals surface area contributed by atoms with E-state index in [-0.39, 0.29) is 0 Å². The first-order chi connectivity index (χ1) is 10.7. The largest absolute Gasteiger partial charge is 0.399 e. The highest BCUT2D eigenvalue weighted by Gasteiger charge is 2.07. The minimum Gasteiger partial charge on any atom is -0.399 e. The van der Waals surface area contributed by atoms with Crippen LogP contribution in [0.15, 0.2) is 47.9 Å². The van der Waals surface area contributed by atoms with Crippen molar-refractivity contribution in [1.29, 1.82) is 0 Å². The fourth-order valence-corrected chi connectivity index (χ4v) is 2.49. The predicted molar refractivity (Wildman–Crippen MR) is 91.8 cm³/mol. The lowest BCUT2D eigenvalue weighted by molar-refractivity contribution is 0.212. The lowest BCUT2D eigenvalue weighted by Crippen LogP contribution is -2.02. The van der Waals surface area contributed by atoms with Gasteiger partial charge in [-0.1, -0.05) is 40.5 Å². The molecule has 22 heavy (non-hydrogen) atoms. The monoisotopic (exact) mass is 336 g/mol. The molecule has 1 heterocycles. The van der Waals surface area contributed by atoms with E-state index < -0.39 is 0 Å². The number of rotatable bonds is 7. The number of aromatic nitrogens is 1. The molecule has 0 aliphatic rings. The molecule has 0 unspecified atom stereocenters. The summed E-state index contributed by atoms with van der Waals surface area (Å²) in [6.45, 7) is 0. The number of nitrogens with zero attached hydrogens (tertiary/aromatic N) is 2. The first kappa shape index (κ1) is 16.8. The van der Waals surface area contributed by atoms with Gasteiger partial charge in [-0.05, 0) is 49.4 Å². The smallest absolute Gasteiger partial charge is 0.106 e. The molecule has 0 N–H and O–H groups in total. The number of hydrogen-bond donors (Lipinski definition) is 0. The molecule has 0 radical (unpaired) electrons. The van der Waals surface area contributed by atoms with Crippen molar-refractivity contribution in [2.24, 2.45) is 5.16 Å². The van der Waals surface area contributed by atoms with Crippen LogP contribution in [0.1, 0.15) is 30.4 Å². The average Bonchev–Trinajstić information content (AvgIpc) is 2.54. The Labute approximate surface area is 140 Å². The average molecular weight is 337 g/mol. The van der Waals surface area contributed by atoms with Gasteiger partial charge in [-0.15, -0.1) is 0 Å². The van der Waals surface area contributed by atoms with Gasteiger partial charge in [-0.2, -0.15) is 0 Å². The molecular formula is C17H18Cl2N2O. The lowest BCUT2D eigenvalue weighted by atomic mass is 10.0. The van der Waals surface area contributed by atoms with E-state index in [1.165, 1.54) is 5.56 Å². The number of halogens is 2. The third-order valence-corrected chi connectivity index (χ3v) is 4.05. The van der Waals surface area contributed by atoms with E-state index in [1.807, 2.05) is 24.4 Å². The van der Waals surface area contributed by atoms with Gasteiger partial charge in [0.2, 0.25) is 0 Å². The third kappa shape index (κ3) is 5.00. The molecule has 0 fully saturated rings. The Morgan fingerprint density at radius 1 is 1.18 bits per heavy atom. The van der Waals surface area contributed by atoms with Gasteiger partial charge in [-0.25, -0.2) is 0 Å². The summed E-state index contributed by atoms with van der Waals surface area (Å²) in [6.07, 6.45) is 7.61. The molecule has 1 aromatic heterocycles. The molecule has 3 nitrogen and oxygen atoms in total. The Bertz CT molecular complexity index is 630. The van der Waals surface area contributed by atoms with E-state index >= 15 is 0 Å². The normalized spacial score (nSPS) is 11.5. The first-order valence-corrected chi connectivity index (χ1v) is 7.90. The third-order valence-electron chi connectivity index (χ3n) is 3.31. The van der Waals surface area contributed by atoms with Crippen LogP contribution in [0.4, 0.5) is 0 Å². The minimum atomic E-state index is 0.526. The zero-order valence-corrected chi connectivity index (χ0v) is 13.9. The molecule has 2 rings (SSSR count). The SMILES string of the molecule is CO/N=C(/CCCCc1cccnc1)c1ccc(Cl)c(Cl)c1. The van der Waals surface area contributed by atoms with Gasteiger partial charge in [0.15, 0.2) is 0 Å². The Kier molecular flexibility index (Phi) is 6.69. The van der Waals surface area contributed by atoms with E-state index in [4.69, 9.17) is 28.0 Å². The molecule has 0 amide bonds. The molecule has 0 saturated carbocycles. The van der Waals surface area contributed by atoms with Crippen LogP contribution in [0, 0.1) is 0 Å². The maximum Gasteiger partial charge on any atom is 0.106 e. The molecule has 116 valence electrons. The molecule has 0 atom stereocenters. The van der Waals surface area contributed by atoms with Crippen LogP contribution in [-0.4, -0.2) is 17.8 Å². The van der Waals surface area contributed by atoms with Crippen LogP contribution in [0.3, 0.4) is 0 Å². The van der Waals surface area contributed by atoms with Crippen LogP contribution < -0.4 is 0 Å². The number of oxime groups is 1. The molecular weight excluding hydrogens is 319 g/mol. The summed E-state index contributed by atoms with van der Waals surface area (Å²) in [4.78, 5) is 9.07. The number of unbranched alkanes of at least 4 members (excludes halogenated alkanes) is 1. The van der Waals surface area contributed by atoms with Crippen LogP contribution in [0.2, 0.25) is 10.0 Å². The lowest BCUT2D eigenvalue weighted by Gasteiger charge is -2.07. The van der Waals surface area contributed by atoms with E-state index in [0.29, 0.717) is 10.0 Å². The molecule has 0 aliphatic carbocycles. The fourth-order valence-electron chi connectivity index (χ4n) is 2.20. The van der Waals surface area contributed by atoms with Crippen molar-refractivity contribution in [2.75, 3.05) is 7.11 Å². The van der Waals surface area contributed by atoms with Crippen molar-refractivity contribution < 1.29 is 4.84 Å². The summed E-state index contributed by atoms with van der Waals surface area (Å²) < 4.78 is 0. The van der Waals surface area contributed by atoms with Gasteiger partial charge in [0, 0.05) is 18.0 Å². The van der Waals surface area contributed by atoms with Crippen molar-refractivity contribution in [3.8, 4) is 0 Å². The highest BCUT2D eigenvalue weighted by Crippen LogP contribution is 2.24. The van der Waals surface area contributed by atoms with Crippen LogP contribution in [0.25, 0.3) is 0 Å². The minimum absolute atomic E-state index is 0.526. The number of benzene rings is 1. The summed E-state index contributed by atoms with van der Waals surface area (Å²) >= 11 is 12.0. The number of aryl methyl sites for hydroxylation is 1. The van der Waals surface area contributed by atoms with Crippen molar-refractivity contribution >= 4 is 28.9 Å². The summed E-state index contributed by atoms with van der Waals surface area (Å²) in [5.41, 5.74) is 3.08. The topological polar surface area (TPSA) is 34.5 Å². The van der Waals surface area contributed by atoms with Gasteiger partial charge >= 0.3 is 0 Å².